The van der Waals surface area contributed by atoms with Gasteiger partial charge in [-0.25, -0.2) is 4.79 Å². The van der Waals surface area contributed by atoms with Crippen LogP contribution in [0.4, 0.5) is 0 Å². The van der Waals surface area contributed by atoms with Crippen molar-refractivity contribution in [3.63, 3.8) is 0 Å². The summed E-state index contributed by atoms with van der Waals surface area (Å²) in [6.45, 7) is 2.11. The molecule has 23 heavy (non-hydrogen) atoms. The van der Waals surface area contributed by atoms with Crippen molar-refractivity contribution in [1.82, 2.24) is 0 Å². The average Bonchev–Trinajstić information content (AvgIpc) is 2.60. The van der Waals surface area contributed by atoms with E-state index in [4.69, 9.17) is 9.47 Å². The number of rotatable bonds is 5. The van der Waals surface area contributed by atoms with Gasteiger partial charge in [-0.2, -0.15) is 0 Å². The molecule has 116 valence electrons. The van der Waals surface area contributed by atoms with Gasteiger partial charge in [0.2, 0.25) is 6.10 Å². The van der Waals surface area contributed by atoms with Gasteiger partial charge in [0.1, 0.15) is 5.75 Å². The van der Waals surface area contributed by atoms with Gasteiger partial charge >= 0.3 is 5.97 Å². The van der Waals surface area contributed by atoms with Gasteiger partial charge < -0.3 is 9.47 Å². The normalized spacial score (nSPS) is 11.9. The van der Waals surface area contributed by atoms with Crippen molar-refractivity contribution in [1.29, 1.82) is 0 Å². The molecule has 0 aliphatic heterocycles. The van der Waals surface area contributed by atoms with Crippen molar-refractivity contribution in [3.8, 4) is 5.75 Å². The monoisotopic (exact) mass is 306 g/mol. The van der Waals surface area contributed by atoms with Gasteiger partial charge in [0.15, 0.2) is 0 Å². The number of carbonyl (C=O) groups is 1. The number of hydrogen-bond acceptors (Lipinski definition) is 3. The zero-order chi connectivity index (χ0) is 16.1. The molecule has 3 rings (SSSR count). The quantitative estimate of drug-likeness (QED) is 0.650. The zero-order valence-corrected chi connectivity index (χ0v) is 12.9. The standard InChI is InChI=1S/C20H18O3/c1-2-22-20(21)19(16-10-4-3-5-11-16)23-18-14-8-12-15-9-6-7-13-17(15)18/h3-14,19H,2H2,1H3. The summed E-state index contributed by atoms with van der Waals surface area (Å²) in [6.07, 6.45) is -0.776. The molecule has 0 bridgehead atoms. The number of fused-ring (bicyclic) bond motifs is 1. The third-order valence-electron chi connectivity index (χ3n) is 3.60. The molecular formula is C20H18O3. The zero-order valence-electron chi connectivity index (χ0n) is 12.9. The molecule has 3 nitrogen and oxygen atoms in total. The molecular weight excluding hydrogens is 288 g/mol. The Kier molecular flexibility index (Phi) is 4.57. The molecule has 0 amide bonds. The molecule has 0 heterocycles. The fourth-order valence-electron chi connectivity index (χ4n) is 2.52. The summed E-state index contributed by atoms with van der Waals surface area (Å²) in [5, 5.41) is 2.04. The van der Waals surface area contributed by atoms with E-state index in [-0.39, 0.29) is 5.97 Å². The molecule has 0 aromatic heterocycles. The van der Waals surface area contributed by atoms with Gasteiger partial charge in [0.25, 0.3) is 0 Å². The first-order chi connectivity index (χ1) is 11.3. The van der Waals surface area contributed by atoms with Crippen LogP contribution in [-0.4, -0.2) is 12.6 Å². The van der Waals surface area contributed by atoms with E-state index in [1.54, 1.807) is 6.92 Å². The Morgan fingerprint density at radius 1 is 0.913 bits per heavy atom. The minimum absolute atomic E-state index is 0.321. The van der Waals surface area contributed by atoms with Crippen LogP contribution in [0.3, 0.4) is 0 Å². The van der Waals surface area contributed by atoms with Crippen LogP contribution in [0.5, 0.6) is 5.75 Å². The third-order valence-corrected chi connectivity index (χ3v) is 3.60. The van der Waals surface area contributed by atoms with Crippen molar-refractivity contribution in [2.45, 2.75) is 13.0 Å². The van der Waals surface area contributed by atoms with E-state index in [9.17, 15) is 4.79 Å². The van der Waals surface area contributed by atoms with E-state index in [1.165, 1.54) is 0 Å². The number of benzene rings is 3. The lowest BCUT2D eigenvalue weighted by Gasteiger charge is -2.19. The first-order valence-corrected chi connectivity index (χ1v) is 7.65. The van der Waals surface area contributed by atoms with Crippen molar-refractivity contribution < 1.29 is 14.3 Å². The molecule has 1 atom stereocenters. The summed E-state index contributed by atoms with van der Waals surface area (Å²) in [4.78, 5) is 12.3. The van der Waals surface area contributed by atoms with E-state index < -0.39 is 6.10 Å². The van der Waals surface area contributed by atoms with Gasteiger partial charge in [-0.15, -0.1) is 0 Å². The lowest BCUT2D eigenvalue weighted by molar-refractivity contribution is -0.151. The molecule has 0 aliphatic rings. The van der Waals surface area contributed by atoms with Crippen LogP contribution in [0.25, 0.3) is 10.8 Å². The van der Waals surface area contributed by atoms with Gasteiger partial charge in [0.05, 0.1) is 6.61 Å². The Labute approximate surface area is 135 Å². The summed E-state index contributed by atoms with van der Waals surface area (Å²) in [5.41, 5.74) is 0.777. The molecule has 0 radical (unpaired) electrons. The number of ether oxygens (including phenoxy) is 2. The summed E-state index contributed by atoms with van der Waals surface area (Å²) < 4.78 is 11.2. The number of esters is 1. The number of carbonyl (C=O) groups excluding carboxylic acids is 1. The molecule has 3 aromatic carbocycles. The van der Waals surface area contributed by atoms with E-state index in [0.717, 1.165) is 16.3 Å². The van der Waals surface area contributed by atoms with Crippen LogP contribution in [0.15, 0.2) is 72.8 Å². The maximum Gasteiger partial charge on any atom is 0.352 e. The molecule has 3 heteroatoms. The van der Waals surface area contributed by atoms with Crippen LogP contribution in [0, 0.1) is 0 Å². The Morgan fingerprint density at radius 3 is 2.39 bits per heavy atom. The Hall–Kier alpha value is -2.81. The highest BCUT2D eigenvalue weighted by atomic mass is 16.6. The second-order valence-corrected chi connectivity index (χ2v) is 5.14. The summed E-state index contributed by atoms with van der Waals surface area (Å²) in [5.74, 6) is 0.289. The second-order valence-electron chi connectivity index (χ2n) is 5.14. The molecule has 3 aromatic rings. The van der Waals surface area contributed by atoms with Crippen molar-refractivity contribution >= 4 is 16.7 Å². The van der Waals surface area contributed by atoms with Gasteiger partial charge in [0, 0.05) is 10.9 Å². The summed E-state index contributed by atoms with van der Waals surface area (Å²) in [7, 11) is 0. The Bertz CT molecular complexity index is 791. The fourth-order valence-corrected chi connectivity index (χ4v) is 2.52. The topological polar surface area (TPSA) is 35.5 Å². The smallest absolute Gasteiger partial charge is 0.352 e. The highest BCUT2D eigenvalue weighted by Crippen LogP contribution is 2.30. The minimum atomic E-state index is -0.776. The van der Waals surface area contributed by atoms with Crippen LogP contribution in [0.2, 0.25) is 0 Å². The Morgan fingerprint density at radius 2 is 1.61 bits per heavy atom. The lowest BCUT2D eigenvalue weighted by atomic mass is 10.1. The first kappa shape index (κ1) is 15.1. The maximum atomic E-state index is 12.3. The average molecular weight is 306 g/mol. The van der Waals surface area contributed by atoms with Crippen molar-refractivity contribution in [2.75, 3.05) is 6.61 Å². The van der Waals surface area contributed by atoms with E-state index in [1.807, 2.05) is 72.8 Å². The van der Waals surface area contributed by atoms with Crippen LogP contribution in [0.1, 0.15) is 18.6 Å². The van der Waals surface area contributed by atoms with E-state index >= 15 is 0 Å². The van der Waals surface area contributed by atoms with E-state index in [2.05, 4.69) is 0 Å². The van der Waals surface area contributed by atoms with Gasteiger partial charge in [-0.05, 0) is 18.4 Å². The van der Waals surface area contributed by atoms with Crippen molar-refractivity contribution in [3.05, 3.63) is 78.4 Å². The summed E-state index contributed by atoms with van der Waals surface area (Å²) in [6, 6.07) is 23.2. The second kappa shape index (κ2) is 6.97. The Balaban J connectivity index is 1.99. The minimum Gasteiger partial charge on any atom is -0.473 e. The van der Waals surface area contributed by atoms with Crippen LogP contribution >= 0.6 is 0 Å². The van der Waals surface area contributed by atoms with Gasteiger partial charge in [-0.1, -0.05) is 66.7 Å². The lowest BCUT2D eigenvalue weighted by Crippen LogP contribution is -2.21. The van der Waals surface area contributed by atoms with Crippen LogP contribution < -0.4 is 4.74 Å². The fraction of sp³-hybridized carbons (Fsp3) is 0.150. The molecule has 0 fully saturated rings. The third kappa shape index (κ3) is 3.34. The predicted octanol–water partition coefficient (Wildman–Crippen LogP) is 4.52. The highest BCUT2D eigenvalue weighted by molar-refractivity contribution is 5.88. The predicted molar refractivity (Wildman–Crippen MR) is 90.4 cm³/mol. The molecule has 1 unspecified atom stereocenters. The van der Waals surface area contributed by atoms with E-state index in [0.29, 0.717) is 12.4 Å². The summed E-state index contributed by atoms with van der Waals surface area (Å²) >= 11 is 0. The molecule has 0 saturated carbocycles. The molecule has 0 spiro atoms. The number of hydrogen-bond donors (Lipinski definition) is 0. The molecule has 0 N–H and O–H groups in total. The van der Waals surface area contributed by atoms with Crippen molar-refractivity contribution in [2.24, 2.45) is 0 Å². The molecule has 0 saturated heterocycles. The largest absolute Gasteiger partial charge is 0.473 e. The van der Waals surface area contributed by atoms with Crippen LogP contribution in [-0.2, 0) is 9.53 Å². The maximum absolute atomic E-state index is 12.3. The molecule has 0 aliphatic carbocycles. The highest BCUT2D eigenvalue weighted by Gasteiger charge is 2.24. The first-order valence-electron chi connectivity index (χ1n) is 7.65. The SMILES string of the molecule is CCOC(=O)C(Oc1cccc2ccccc12)c1ccccc1. The van der Waals surface area contributed by atoms with Gasteiger partial charge in [-0.3, -0.25) is 0 Å².